The second-order valence-electron chi connectivity index (χ2n) is 8.99. The van der Waals surface area contributed by atoms with E-state index in [4.69, 9.17) is 4.74 Å². The Kier molecular flexibility index (Phi) is 5.59. The average molecular weight is 486 g/mol. The van der Waals surface area contributed by atoms with Crippen LogP contribution >= 0.6 is 0 Å². The van der Waals surface area contributed by atoms with Gasteiger partial charge in [-0.05, 0) is 41.0 Å². The maximum absolute atomic E-state index is 13.8. The molecule has 6 rings (SSSR count). The third kappa shape index (κ3) is 4.11. The Labute approximate surface area is 205 Å². The molecule has 1 aromatic heterocycles. The quantitative estimate of drug-likeness (QED) is 0.436. The summed E-state index contributed by atoms with van der Waals surface area (Å²) < 4.78 is 34.6. The molecule has 0 saturated carbocycles. The van der Waals surface area contributed by atoms with E-state index in [0.29, 0.717) is 13.2 Å². The van der Waals surface area contributed by atoms with Crippen LogP contribution < -0.4 is 4.90 Å². The van der Waals surface area contributed by atoms with Crippen molar-refractivity contribution >= 4 is 32.7 Å². The zero-order valence-corrected chi connectivity index (χ0v) is 20.1. The van der Waals surface area contributed by atoms with Crippen LogP contribution in [0.4, 0.5) is 5.69 Å². The van der Waals surface area contributed by atoms with Crippen molar-refractivity contribution in [3.05, 3.63) is 107 Å². The van der Waals surface area contributed by atoms with Gasteiger partial charge in [-0.3, -0.25) is 4.31 Å². The number of sulfonamides is 1. The number of benzene rings is 3. The number of aromatic nitrogens is 1. The first-order valence-corrected chi connectivity index (χ1v) is 13.5. The lowest BCUT2D eigenvalue weighted by Crippen LogP contribution is -2.36. The predicted octanol–water partition coefficient (Wildman–Crippen LogP) is 4.91. The number of nitrogens with zero attached hydrogens (tertiary/aromatic N) is 2. The number of fused-ring (bicyclic) bond motifs is 2. The summed E-state index contributed by atoms with van der Waals surface area (Å²) in [7, 11) is -3.65. The van der Waals surface area contributed by atoms with Gasteiger partial charge in [0.1, 0.15) is 0 Å². The molecule has 0 aliphatic carbocycles. The molecule has 0 spiro atoms. The van der Waals surface area contributed by atoms with Crippen molar-refractivity contribution < 1.29 is 13.2 Å². The second-order valence-corrected chi connectivity index (χ2v) is 10.9. The van der Waals surface area contributed by atoms with Crippen LogP contribution in [0, 0.1) is 0 Å². The lowest BCUT2D eigenvalue weighted by molar-refractivity contribution is 0.122. The molecule has 178 valence electrons. The zero-order valence-electron chi connectivity index (χ0n) is 19.3. The summed E-state index contributed by atoms with van der Waals surface area (Å²) in [5.41, 5.74) is 5.84. The molecule has 2 aliphatic rings. The molecule has 35 heavy (non-hydrogen) atoms. The van der Waals surface area contributed by atoms with Gasteiger partial charge in [-0.15, -0.1) is 0 Å². The number of rotatable bonds is 5. The first-order valence-electron chi connectivity index (χ1n) is 11.9. The molecule has 2 aliphatic heterocycles. The third-order valence-electron chi connectivity index (χ3n) is 6.83. The fraction of sp³-hybridized carbons (Fsp3) is 0.214. The summed E-state index contributed by atoms with van der Waals surface area (Å²) in [6.45, 7) is 3.12. The normalized spacial score (nSPS) is 18.1. The summed E-state index contributed by atoms with van der Waals surface area (Å²) in [5.74, 6) is -0.0573. The van der Waals surface area contributed by atoms with Crippen molar-refractivity contribution in [3.8, 4) is 0 Å². The van der Waals surface area contributed by atoms with Gasteiger partial charge in [-0.25, -0.2) is 8.42 Å². The Morgan fingerprint density at radius 3 is 2.51 bits per heavy atom. The average Bonchev–Trinajstić information content (AvgIpc) is 3.32. The van der Waals surface area contributed by atoms with Gasteiger partial charge in [0.05, 0.1) is 25.0 Å². The number of aromatic amines is 1. The summed E-state index contributed by atoms with van der Waals surface area (Å²) in [6.07, 6.45) is 5.57. The van der Waals surface area contributed by atoms with E-state index in [2.05, 4.69) is 28.1 Å². The van der Waals surface area contributed by atoms with Gasteiger partial charge < -0.3 is 14.6 Å². The minimum Gasteiger partial charge on any atom is -0.378 e. The van der Waals surface area contributed by atoms with Gasteiger partial charge in [-0.1, -0.05) is 54.6 Å². The molecule has 1 unspecified atom stereocenters. The summed E-state index contributed by atoms with van der Waals surface area (Å²) in [6, 6.07) is 23.3. The van der Waals surface area contributed by atoms with Gasteiger partial charge in [0.25, 0.3) is 0 Å². The van der Waals surface area contributed by atoms with Gasteiger partial charge in [-0.2, -0.15) is 0 Å². The fourth-order valence-electron chi connectivity index (χ4n) is 5.08. The Morgan fingerprint density at radius 1 is 0.914 bits per heavy atom. The predicted molar refractivity (Wildman–Crippen MR) is 140 cm³/mol. The molecule has 3 heterocycles. The van der Waals surface area contributed by atoms with Crippen molar-refractivity contribution in [2.75, 3.05) is 31.2 Å². The van der Waals surface area contributed by atoms with E-state index in [-0.39, 0.29) is 5.75 Å². The molecule has 1 fully saturated rings. The third-order valence-corrected chi connectivity index (χ3v) is 8.50. The molecule has 1 N–H and O–H groups in total. The Hall–Kier alpha value is -3.55. The Balaban J connectivity index is 1.47. The maximum atomic E-state index is 13.8. The van der Waals surface area contributed by atoms with E-state index in [9.17, 15) is 8.42 Å². The van der Waals surface area contributed by atoms with E-state index in [0.717, 1.165) is 51.9 Å². The molecule has 0 radical (unpaired) electrons. The van der Waals surface area contributed by atoms with Crippen molar-refractivity contribution in [3.63, 3.8) is 0 Å². The second kappa shape index (κ2) is 8.91. The highest BCUT2D eigenvalue weighted by Crippen LogP contribution is 2.41. The van der Waals surface area contributed by atoms with Crippen LogP contribution in [0.15, 0.2) is 85.2 Å². The van der Waals surface area contributed by atoms with E-state index in [1.54, 1.807) is 6.20 Å². The number of morpholine rings is 1. The molecule has 3 aromatic carbocycles. The minimum absolute atomic E-state index is 0.0573. The summed E-state index contributed by atoms with van der Waals surface area (Å²) in [4.78, 5) is 5.70. The van der Waals surface area contributed by atoms with Gasteiger partial charge in [0, 0.05) is 47.6 Å². The van der Waals surface area contributed by atoms with Crippen molar-refractivity contribution in [2.24, 2.45) is 0 Å². The SMILES string of the molecule is O=S(=O)(Cc1ccccc1)N1C=Cc2ccccc2C1c1c[nH]c2ccc(N3CCOCC3)cc12. The lowest BCUT2D eigenvalue weighted by Gasteiger charge is -2.34. The van der Waals surface area contributed by atoms with Crippen LogP contribution in [-0.4, -0.2) is 44.0 Å². The topological polar surface area (TPSA) is 65.6 Å². The fourth-order valence-corrected chi connectivity index (χ4v) is 6.64. The summed E-state index contributed by atoms with van der Waals surface area (Å²) >= 11 is 0. The summed E-state index contributed by atoms with van der Waals surface area (Å²) in [5, 5.41) is 1.03. The van der Waals surface area contributed by atoms with Crippen LogP contribution in [0.1, 0.15) is 28.3 Å². The molecular weight excluding hydrogens is 458 g/mol. The van der Waals surface area contributed by atoms with Crippen LogP contribution in [0.5, 0.6) is 0 Å². The number of nitrogens with one attached hydrogen (secondary N) is 1. The number of anilines is 1. The van der Waals surface area contributed by atoms with Crippen LogP contribution in [0.2, 0.25) is 0 Å². The van der Waals surface area contributed by atoms with Crippen LogP contribution in [0.3, 0.4) is 0 Å². The van der Waals surface area contributed by atoms with Crippen molar-refractivity contribution in [2.45, 2.75) is 11.8 Å². The number of H-pyrrole nitrogens is 1. The lowest BCUT2D eigenvalue weighted by atomic mass is 9.92. The number of hydrogen-bond acceptors (Lipinski definition) is 4. The first kappa shape index (κ1) is 21.9. The molecule has 0 bridgehead atoms. The van der Waals surface area contributed by atoms with Gasteiger partial charge in [0.15, 0.2) is 0 Å². The largest absolute Gasteiger partial charge is 0.378 e. The van der Waals surface area contributed by atoms with E-state index >= 15 is 0 Å². The number of hydrogen-bond donors (Lipinski definition) is 1. The maximum Gasteiger partial charge on any atom is 0.239 e. The smallest absolute Gasteiger partial charge is 0.239 e. The molecule has 4 aromatic rings. The standard InChI is InChI=1S/C28H27N3O3S/c32-35(33,20-21-6-2-1-3-7-21)31-13-12-22-8-4-5-9-24(22)28(31)26-19-29-27-11-10-23(18-25(26)27)30-14-16-34-17-15-30/h1-13,18-19,28-29H,14-17,20H2. The molecule has 0 amide bonds. The Morgan fingerprint density at radius 2 is 1.69 bits per heavy atom. The molecular formula is C28H27N3O3S. The monoisotopic (exact) mass is 485 g/mol. The van der Waals surface area contributed by atoms with E-state index < -0.39 is 16.1 Å². The molecule has 7 heteroatoms. The van der Waals surface area contributed by atoms with Crippen molar-refractivity contribution in [1.29, 1.82) is 0 Å². The van der Waals surface area contributed by atoms with Crippen molar-refractivity contribution in [1.82, 2.24) is 9.29 Å². The molecule has 1 atom stereocenters. The molecule has 1 saturated heterocycles. The minimum atomic E-state index is -3.65. The van der Waals surface area contributed by atoms with Gasteiger partial charge >= 0.3 is 0 Å². The van der Waals surface area contributed by atoms with E-state index in [1.807, 2.05) is 66.9 Å². The highest BCUT2D eigenvalue weighted by atomic mass is 32.2. The highest BCUT2D eigenvalue weighted by molar-refractivity contribution is 7.88. The zero-order chi connectivity index (χ0) is 23.8. The van der Waals surface area contributed by atoms with Gasteiger partial charge in [0.2, 0.25) is 10.0 Å². The van der Waals surface area contributed by atoms with E-state index in [1.165, 1.54) is 4.31 Å². The Bertz CT molecular complexity index is 1490. The van der Waals surface area contributed by atoms with Crippen LogP contribution in [-0.2, 0) is 20.5 Å². The first-order chi connectivity index (χ1) is 17.1. The number of ether oxygens (including phenoxy) is 1. The molecule has 6 nitrogen and oxygen atoms in total. The van der Waals surface area contributed by atoms with Crippen LogP contribution in [0.25, 0.3) is 17.0 Å². The highest BCUT2D eigenvalue weighted by Gasteiger charge is 2.34.